The summed E-state index contributed by atoms with van der Waals surface area (Å²) in [6.45, 7) is 2.99. The van der Waals surface area contributed by atoms with Gasteiger partial charge in [-0.15, -0.1) is 0 Å². The van der Waals surface area contributed by atoms with Crippen LogP contribution in [0.15, 0.2) is 0 Å². The predicted molar refractivity (Wildman–Crippen MR) is 57.6 cm³/mol. The van der Waals surface area contributed by atoms with Crippen molar-refractivity contribution in [2.75, 3.05) is 13.1 Å². The largest absolute Gasteiger partial charge is 0.356 e. The minimum Gasteiger partial charge on any atom is -0.356 e. The molecule has 1 aliphatic rings. The van der Waals surface area contributed by atoms with Crippen molar-refractivity contribution in [2.45, 2.75) is 26.3 Å². The SMILES string of the molecule is CC(=O)NCCC(=O)N1CC(=O)NC(=O)C1C. The summed E-state index contributed by atoms with van der Waals surface area (Å²) in [4.78, 5) is 46.0. The molecule has 1 heterocycles. The van der Waals surface area contributed by atoms with Crippen molar-refractivity contribution < 1.29 is 19.2 Å². The van der Waals surface area contributed by atoms with Crippen LogP contribution in [0, 0.1) is 0 Å². The van der Waals surface area contributed by atoms with Gasteiger partial charge < -0.3 is 10.2 Å². The first-order valence-electron chi connectivity index (χ1n) is 5.29. The molecule has 4 amide bonds. The Labute approximate surface area is 98.5 Å². The topological polar surface area (TPSA) is 95.6 Å². The quantitative estimate of drug-likeness (QED) is 0.581. The number of nitrogens with zero attached hydrogens (tertiary/aromatic N) is 1. The van der Waals surface area contributed by atoms with E-state index in [4.69, 9.17) is 0 Å². The van der Waals surface area contributed by atoms with Gasteiger partial charge in [0.25, 0.3) is 0 Å². The maximum atomic E-state index is 11.7. The molecule has 2 N–H and O–H groups in total. The maximum Gasteiger partial charge on any atom is 0.249 e. The number of hydrogen-bond acceptors (Lipinski definition) is 4. The van der Waals surface area contributed by atoms with Crippen LogP contribution in [0.3, 0.4) is 0 Å². The number of piperazine rings is 1. The second kappa shape index (κ2) is 5.42. The average Bonchev–Trinajstić information content (AvgIpc) is 2.22. The molecule has 0 aromatic heterocycles. The molecule has 0 spiro atoms. The Morgan fingerprint density at radius 1 is 1.47 bits per heavy atom. The highest BCUT2D eigenvalue weighted by Crippen LogP contribution is 2.06. The molecule has 0 aromatic rings. The molecule has 1 aliphatic heterocycles. The molecule has 7 nitrogen and oxygen atoms in total. The van der Waals surface area contributed by atoms with Crippen LogP contribution in [0.1, 0.15) is 20.3 Å². The summed E-state index contributed by atoms with van der Waals surface area (Å²) < 4.78 is 0. The molecule has 1 rings (SSSR count). The average molecular weight is 241 g/mol. The molecule has 0 aromatic carbocycles. The van der Waals surface area contributed by atoms with Crippen LogP contribution in [-0.2, 0) is 19.2 Å². The number of hydrogen-bond donors (Lipinski definition) is 2. The molecular weight excluding hydrogens is 226 g/mol. The third-order valence-corrected chi connectivity index (χ3v) is 2.46. The van der Waals surface area contributed by atoms with E-state index in [1.165, 1.54) is 11.8 Å². The molecule has 1 fully saturated rings. The van der Waals surface area contributed by atoms with Gasteiger partial charge in [-0.1, -0.05) is 0 Å². The Kier molecular flexibility index (Phi) is 4.19. The molecule has 1 unspecified atom stereocenters. The number of carbonyl (C=O) groups excluding carboxylic acids is 4. The van der Waals surface area contributed by atoms with Gasteiger partial charge in [0.15, 0.2) is 0 Å². The summed E-state index contributed by atoms with van der Waals surface area (Å²) >= 11 is 0. The molecule has 7 heteroatoms. The molecular formula is C10H15N3O4. The van der Waals surface area contributed by atoms with E-state index < -0.39 is 17.9 Å². The van der Waals surface area contributed by atoms with E-state index in [1.807, 2.05) is 0 Å². The van der Waals surface area contributed by atoms with Crippen molar-refractivity contribution in [2.24, 2.45) is 0 Å². The fourth-order valence-corrected chi connectivity index (χ4v) is 1.51. The summed E-state index contributed by atoms with van der Waals surface area (Å²) in [5.74, 6) is -1.51. The molecule has 0 bridgehead atoms. The molecule has 1 saturated heterocycles. The zero-order valence-corrected chi connectivity index (χ0v) is 9.78. The predicted octanol–water partition coefficient (Wildman–Crippen LogP) is -1.61. The zero-order chi connectivity index (χ0) is 13.0. The van der Waals surface area contributed by atoms with Crippen molar-refractivity contribution in [3.05, 3.63) is 0 Å². The smallest absolute Gasteiger partial charge is 0.249 e. The van der Waals surface area contributed by atoms with Crippen LogP contribution >= 0.6 is 0 Å². The third kappa shape index (κ3) is 3.54. The zero-order valence-electron chi connectivity index (χ0n) is 9.78. The van der Waals surface area contributed by atoms with Crippen molar-refractivity contribution in [1.82, 2.24) is 15.5 Å². The number of amides is 4. The Balaban J connectivity index is 2.52. The van der Waals surface area contributed by atoms with E-state index in [1.54, 1.807) is 6.92 Å². The number of imide groups is 1. The van der Waals surface area contributed by atoms with Crippen molar-refractivity contribution in [3.63, 3.8) is 0 Å². The number of rotatable bonds is 3. The summed E-state index contributed by atoms with van der Waals surface area (Å²) in [5.41, 5.74) is 0. The first kappa shape index (κ1) is 13.1. The van der Waals surface area contributed by atoms with Gasteiger partial charge in [-0.2, -0.15) is 0 Å². The van der Waals surface area contributed by atoms with E-state index in [9.17, 15) is 19.2 Å². The summed E-state index contributed by atoms with van der Waals surface area (Å²) in [7, 11) is 0. The van der Waals surface area contributed by atoms with Gasteiger partial charge >= 0.3 is 0 Å². The van der Waals surface area contributed by atoms with Gasteiger partial charge in [-0.3, -0.25) is 24.5 Å². The van der Waals surface area contributed by atoms with Gasteiger partial charge in [0, 0.05) is 19.9 Å². The molecule has 0 radical (unpaired) electrons. The Morgan fingerprint density at radius 2 is 2.12 bits per heavy atom. The van der Waals surface area contributed by atoms with Gasteiger partial charge in [0.1, 0.15) is 12.6 Å². The minimum absolute atomic E-state index is 0.0739. The fraction of sp³-hybridized carbons (Fsp3) is 0.600. The van der Waals surface area contributed by atoms with E-state index >= 15 is 0 Å². The van der Waals surface area contributed by atoms with E-state index in [-0.39, 0.29) is 31.3 Å². The van der Waals surface area contributed by atoms with Crippen LogP contribution in [-0.4, -0.2) is 47.7 Å². The lowest BCUT2D eigenvalue weighted by Crippen LogP contribution is -2.58. The van der Waals surface area contributed by atoms with Crippen LogP contribution in [0.2, 0.25) is 0 Å². The molecule has 0 aliphatic carbocycles. The molecule has 94 valence electrons. The standard InChI is InChI=1S/C10H15N3O4/c1-6-10(17)12-8(15)5-13(6)9(16)3-4-11-7(2)14/h6H,3-5H2,1-2H3,(H,11,14)(H,12,15,17). The lowest BCUT2D eigenvalue weighted by atomic mass is 10.2. The van der Waals surface area contributed by atoms with Crippen LogP contribution in [0.25, 0.3) is 0 Å². The van der Waals surface area contributed by atoms with Gasteiger partial charge in [-0.25, -0.2) is 0 Å². The monoisotopic (exact) mass is 241 g/mol. The first-order valence-corrected chi connectivity index (χ1v) is 5.29. The Bertz CT molecular complexity index is 367. The summed E-state index contributed by atoms with van der Waals surface area (Å²) in [6.07, 6.45) is 0.0739. The highest BCUT2D eigenvalue weighted by molar-refractivity contribution is 6.04. The van der Waals surface area contributed by atoms with Crippen molar-refractivity contribution in [3.8, 4) is 0 Å². The van der Waals surface area contributed by atoms with Gasteiger partial charge in [0.2, 0.25) is 23.6 Å². The van der Waals surface area contributed by atoms with Crippen LogP contribution in [0.4, 0.5) is 0 Å². The summed E-state index contributed by atoms with van der Waals surface area (Å²) in [6, 6.07) is -0.655. The van der Waals surface area contributed by atoms with Crippen molar-refractivity contribution in [1.29, 1.82) is 0 Å². The Hall–Kier alpha value is -1.92. The molecule has 17 heavy (non-hydrogen) atoms. The Morgan fingerprint density at radius 3 is 2.71 bits per heavy atom. The van der Waals surface area contributed by atoms with Crippen LogP contribution < -0.4 is 10.6 Å². The normalized spacial score (nSPS) is 19.9. The highest BCUT2D eigenvalue weighted by atomic mass is 16.2. The minimum atomic E-state index is -0.655. The van der Waals surface area contributed by atoms with Crippen LogP contribution in [0.5, 0.6) is 0 Å². The van der Waals surface area contributed by atoms with Gasteiger partial charge in [-0.05, 0) is 6.92 Å². The highest BCUT2D eigenvalue weighted by Gasteiger charge is 2.32. The summed E-state index contributed by atoms with van der Waals surface area (Å²) in [5, 5.41) is 4.63. The van der Waals surface area contributed by atoms with E-state index in [0.29, 0.717) is 0 Å². The second-order valence-corrected chi connectivity index (χ2v) is 3.84. The molecule has 1 atom stereocenters. The lowest BCUT2D eigenvalue weighted by molar-refractivity contribution is -0.149. The lowest BCUT2D eigenvalue weighted by Gasteiger charge is -2.31. The number of carbonyl (C=O) groups is 4. The van der Waals surface area contributed by atoms with Crippen molar-refractivity contribution >= 4 is 23.6 Å². The fourth-order valence-electron chi connectivity index (χ4n) is 1.51. The molecule has 0 saturated carbocycles. The van der Waals surface area contributed by atoms with Gasteiger partial charge in [0.05, 0.1) is 0 Å². The maximum absolute atomic E-state index is 11.7. The first-order chi connectivity index (χ1) is 7.91. The number of nitrogens with one attached hydrogen (secondary N) is 2. The third-order valence-electron chi connectivity index (χ3n) is 2.46. The second-order valence-electron chi connectivity index (χ2n) is 3.84. The van der Waals surface area contributed by atoms with E-state index in [2.05, 4.69) is 10.6 Å². The van der Waals surface area contributed by atoms with E-state index in [0.717, 1.165) is 0 Å².